The fraction of sp³-hybridized carbons (Fsp3) is 0.182. The van der Waals surface area contributed by atoms with Gasteiger partial charge in [0.1, 0.15) is 6.07 Å². The van der Waals surface area contributed by atoms with Crippen LogP contribution < -0.4 is 0 Å². The Morgan fingerprint density at radius 2 is 1.79 bits per heavy atom. The van der Waals surface area contributed by atoms with Crippen molar-refractivity contribution in [3.8, 4) is 6.07 Å². The molecule has 0 heterocycles. The van der Waals surface area contributed by atoms with Gasteiger partial charge in [0.25, 0.3) is 0 Å². The minimum atomic E-state index is -3.88. The van der Waals surface area contributed by atoms with Crippen LogP contribution in [-0.4, -0.2) is 20.9 Å². The maximum absolute atomic E-state index is 12.4. The quantitative estimate of drug-likeness (QED) is 0.759. The van der Waals surface area contributed by atoms with Crippen LogP contribution in [0.2, 0.25) is 10.0 Å². The smallest absolute Gasteiger partial charge is 0.218 e. The van der Waals surface area contributed by atoms with Crippen molar-refractivity contribution in [3.05, 3.63) is 37.4 Å². The largest absolute Gasteiger partial charge is 0.218 e. The van der Waals surface area contributed by atoms with Crippen molar-refractivity contribution in [1.29, 1.82) is 5.26 Å². The minimum absolute atomic E-state index is 0.0425. The predicted octanol–water partition coefficient (Wildman–Crippen LogP) is 4.19. The highest BCUT2D eigenvalue weighted by Gasteiger charge is 2.25. The van der Waals surface area contributed by atoms with Crippen LogP contribution >= 0.6 is 46.7 Å². The van der Waals surface area contributed by atoms with Crippen molar-refractivity contribution in [1.82, 2.24) is 0 Å². The predicted molar refractivity (Wildman–Crippen MR) is 83.3 cm³/mol. The molecule has 0 amide bonds. The van der Waals surface area contributed by atoms with Gasteiger partial charge in [0, 0.05) is 0 Å². The molecule has 0 aliphatic rings. The molecule has 1 aromatic carbocycles. The van der Waals surface area contributed by atoms with Crippen LogP contribution in [0.5, 0.6) is 0 Å². The molecule has 0 N–H and O–H groups in total. The summed E-state index contributed by atoms with van der Waals surface area (Å²) in [6, 6.07) is 5.72. The van der Waals surface area contributed by atoms with Gasteiger partial charge in [0.15, 0.2) is 4.91 Å². The summed E-state index contributed by atoms with van der Waals surface area (Å²) < 4.78 is 25.2. The number of benzene rings is 1. The highest BCUT2D eigenvalue weighted by molar-refractivity contribution is 8.22. The van der Waals surface area contributed by atoms with Gasteiger partial charge >= 0.3 is 0 Å². The molecule has 0 radical (unpaired) electrons. The van der Waals surface area contributed by atoms with E-state index in [1.807, 2.05) is 0 Å². The average molecular weight is 354 g/mol. The Labute approximate surface area is 130 Å². The number of halogens is 2. The van der Waals surface area contributed by atoms with Crippen LogP contribution in [0.25, 0.3) is 0 Å². The first-order valence-electron chi connectivity index (χ1n) is 4.81. The van der Waals surface area contributed by atoms with Gasteiger partial charge in [0.2, 0.25) is 9.84 Å². The maximum Gasteiger partial charge on any atom is 0.218 e. The normalized spacial score (nSPS) is 10.9. The van der Waals surface area contributed by atoms with Gasteiger partial charge in [-0.25, -0.2) is 8.42 Å². The Hall–Kier alpha value is -0.320. The fourth-order valence-corrected chi connectivity index (χ4v) is 4.99. The van der Waals surface area contributed by atoms with Gasteiger partial charge < -0.3 is 0 Å². The molecule has 0 fully saturated rings. The van der Waals surface area contributed by atoms with E-state index in [-0.39, 0.29) is 19.8 Å². The van der Waals surface area contributed by atoms with Gasteiger partial charge in [0.05, 0.1) is 19.2 Å². The summed E-state index contributed by atoms with van der Waals surface area (Å²) in [5, 5.41) is 9.50. The molecule has 0 aromatic heterocycles. The third-order valence-electron chi connectivity index (χ3n) is 2.13. The molecule has 0 unspecified atom stereocenters. The van der Waals surface area contributed by atoms with Crippen molar-refractivity contribution in [2.45, 2.75) is 4.90 Å². The second-order valence-corrected chi connectivity index (χ2v) is 7.81. The molecule has 0 spiro atoms. The van der Waals surface area contributed by atoms with E-state index in [0.29, 0.717) is 4.24 Å². The lowest BCUT2D eigenvalue weighted by Gasteiger charge is -2.07. The first kappa shape index (κ1) is 16.7. The van der Waals surface area contributed by atoms with E-state index >= 15 is 0 Å². The SMILES string of the molecule is CSC(SC)=C(C#N)S(=O)(=O)c1ccc(Cl)c(Cl)c1. The number of allylic oxidation sites excluding steroid dienone is 1. The number of nitriles is 1. The van der Waals surface area contributed by atoms with Crippen molar-refractivity contribution < 1.29 is 8.42 Å². The number of sulfone groups is 1. The van der Waals surface area contributed by atoms with E-state index in [1.54, 1.807) is 18.6 Å². The molecule has 0 bridgehead atoms. The Morgan fingerprint density at radius 3 is 2.21 bits per heavy atom. The molecular weight excluding hydrogens is 345 g/mol. The standard InChI is InChI=1S/C11H9Cl2NO2S3/c1-17-11(18-2)10(6-14)19(15,16)7-3-4-8(12)9(13)5-7/h3-5H,1-2H3. The Morgan fingerprint density at radius 1 is 1.21 bits per heavy atom. The van der Waals surface area contributed by atoms with E-state index in [9.17, 15) is 8.42 Å². The second-order valence-electron chi connectivity index (χ2n) is 3.22. The highest BCUT2D eigenvalue weighted by Crippen LogP contribution is 2.34. The third kappa shape index (κ3) is 3.61. The average Bonchev–Trinajstić information content (AvgIpc) is 2.38. The summed E-state index contributed by atoms with van der Waals surface area (Å²) in [6.45, 7) is 0. The van der Waals surface area contributed by atoms with Gasteiger partial charge in [-0.05, 0) is 30.7 Å². The molecule has 0 aliphatic carbocycles. The minimum Gasteiger partial charge on any atom is -0.218 e. The molecular formula is C11H9Cl2NO2S3. The zero-order valence-corrected chi connectivity index (χ0v) is 13.9. The van der Waals surface area contributed by atoms with Gasteiger partial charge in [-0.2, -0.15) is 5.26 Å². The van der Waals surface area contributed by atoms with E-state index in [2.05, 4.69) is 0 Å². The molecule has 102 valence electrons. The van der Waals surface area contributed by atoms with Gasteiger partial charge in [-0.1, -0.05) is 23.2 Å². The van der Waals surface area contributed by atoms with Crippen LogP contribution in [0.1, 0.15) is 0 Å². The van der Waals surface area contributed by atoms with Gasteiger partial charge in [-0.15, -0.1) is 23.5 Å². The van der Waals surface area contributed by atoms with Crippen molar-refractivity contribution in [3.63, 3.8) is 0 Å². The summed E-state index contributed by atoms with van der Waals surface area (Å²) >= 11 is 14.0. The van der Waals surface area contributed by atoms with Gasteiger partial charge in [-0.3, -0.25) is 0 Å². The molecule has 0 saturated heterocycles. The molecule has 1 rings (SSSR count). The zero-order valence-electron chi connectivity index (χ0n) is 9.98. The van der Waals surface area contributed by atoms with E-state index in [0.717, 1.165) is 0 Å². The number of nitrogens with zero attached hydrogens (tertiary/aromatic N) is 1. The number of thioether (sulfide) groups is 2. The topological polar surface area (TPSA) is 57.9 Å². The molecule has 0 aliphatic heterocycles. The lowest BCUT2D eigenvalue weighted by atomic mass is 10.4. The molecule has 0 atom stereocenters. The third-order valence-corrected chi connectivity index (χ3v) is 6.98. The fourth-order valence-electron chi connectivity index (χ4n) is 1.25. The van der Waals surface area contributed by atoms with Crippen molar-refractivity contribution in [2.75, 3.05) is 12.5 Å². The molecule has 3 nitrogen and oxygen atoms in total. The Bertz CT molecular complexity index is 657. The molecule has 8 heteroatoms. The number of hydrogen-bond acceptors (Lipinski definition) is 5. The lowest BCUT2D eigenvalue weighted by molar-refractivity contribution is 0.603. The molecule has 0 saturated carbocycles. The molecule has 1 aromatic rings. The summed E-state index contributed by atoms with van der Waals surface area (Å²) in [7, 11) is -3.88. The zero-order chi connectivity index (χ0) is 14.6. The summed E-state index contributed by atoms with van der Waals surface area (Å²) in [5.41, 5.74) is 0. The van der Waals surface area contributed by atoms with Crippen LogP contribution in [0.4, 0.5) is 0 Å². The Balaban J connectivity index is 3.50. The van der Waals surface area contributed by atoms with E-state index < -0.39 is 9.84 Å². The first-order chi connectivity index (χ1) is 8.88. The number of hydrogen-bond donors (Lipinski definition) is 0. The van der Waals surface area contributed by atoms with Crippen LogP contribution in [0.15, 0.2) is 32.2 Å². The monoisotopic (exact) mass is 353 g/mol. The lowest BCUT2D eigenvalue weighted by Crippen LogP contribution is -2.05. The van der Waals surface area contributed by atoms with Crippen LogP contribution in [-0.2, 0) is 9.84 Å². The molecule has 19 heavy (non-hydrogen) atoms. The van der Waals surface area contributed by atoms with Crippen LogP contribution in [0, 0.1) is 11.3 Å². The number of rotatable bonds is 4. The van der Waals surface area contributed by atoms with E-state index in [4.69, 9.17) is 28.5 Å². The Kier molecular flexibility index (Phi) is 6.09. The second kappa shape index (κ2) is 6.91. The summed E-state index contributed by atoms with van der Waals surface area (Å²) in [4.78, 5) is -0.315. The summed E-state index contributed by atoms with van der Waals surface area (Å²) in [6.07, 6.45) is 3.43. The maximum atomic E-state index is 12.4. The first-order valence-corrected chi connectivity index (χ1v) is 9.49. The summed E-state index contributed by atoms with van der Waals surface area (Å²) in [5.74, 6) is 0. The van der Waals surface area contributed by atoms with Crippen molar-refractivity contribution >= 4 is 56.6 Å². The van der Waals surface area contributed by atoms with Crippen LogP contribution in [0.3, 0.4) is 0 Å². The van der Waals surface area contributed by atoms with Crippen molar-refractivity contribution in [2.24, 2.45) is 0 Å². The highest BCUT2D eigenvalue weighted by atomic mass is 35.5. The van der Waals surface area contributed by atoms with E-state index in [1.165, 1.54) is 41.7 Å².